The summed E-state index contributed by atoms with van der Waals surface area (Å²) in [7, 11) is 3.88. The number of nitrogens with two attached hydrogens (primary N) is 1. The molecule has 3 atom stereocenters. The van der Waals surface area contributed by atoms with Crippen LogP contribution < -0.4 is 16.1 Å². The highest BCUT2D eigenvalue weighted by molar-refractivity contribution is 5.95. The first-order valence-electron chi connectivity index (χ1n) is 18.5. The van der Waals surface area contributed by atoms with E-state index in [4.69, 9.17) is 29.6 Å². The summed E-state index contributed by atoms with van der Waals surface area (Å²) in [5.74, 6) is -0.206. The van der Waals surface area contributed by atoms with E-state index in [1.54, 1.807) is 13.4 Å². The van der Waals surface area contributed by atoms with Crippen LogP contribution in [-0.2, 0) is 38.4 Å². The van der Waals surface area contributed by atoms with Gasteiger partial charge in [0.1, 0.15) is 12.3 Å². The molecule has 6 heterocycles. The molecule has 0 saturated carbocycles. The number of esters is 1. The number of cyclic esters (lactones) is 1. The van der Waals surface area contributed by atoms with E-state index in [-0.39, 0.29) is 31.0 Å². The number of ether oxygens (including phenoxy) is 2. The number of oxazole rings is 1. The van der Waals surface area contributed by atoms with Crippen molar-refractivity contribution >= 4 is 28.5 Å². The van der Waals surface area contributed by atoms with Gasteiger partial charge in [0, 0.05) is 80.2 Å². The van der Waals surface area contributed by atoms with E-state index in [9.17, 15) is 9.59 Å². The Hall–Kier alpha value is -4.30. The Labute approximate surface area is 305 Å². The summed E-state index contributed by atoms with van der Waals surface area (Å²) in [6, 6.07) is 7.09. The zero-order valence-electron chi connectivity index (χ0n) is 31.3. The number of aromatic nitrogens is 3. The Balaban J connectivity index is 1.40. The number of likely N-dealkylation sites (N-methyl/N-ethyl adjacent to an activating group) is 1. The number of aryl methyl sites for hydroxylation is 1. The minimum absolute atomic E-state index is 0.194. The van der Waals surface area contributed by atoms with Gasteiger partial charge >= 0.3 is 5.97 Å². The van der Waals surface area contributed by atoms with Crippen LogP contribution in [0.1, 0.15) is 63.6 Å². The van der Waals surface area contributed by atoms with Gasteiger partial charge in [-0.15, -0.1) is 0 Å². The van der Waals surface area contributed by atoms with Crippen LogP contribution >= 0.6 is 0 Å². The molecule has 1 amide bonds. The van der Waals surface area contributed by atoms with Gasteiger partial charge in [-0.1, -0.05) is 13.8 Å². The van der Waals surface area contributed by atoms with Crippen LogP contribution in [0, 0.1) is 5.41 Å². The molecule has 3 aliphatic rings. The summed E-state index contributed by atoms with van der Waals surface area (Å²) < 4.78 is 20.3. The normalized spacial score (nSPS) is 22.4. The molecule has 3 aliphatic heterocycles. The fraction of sp³-hybridized carbons (Fsp3) is 0.538. The molecule has 1 unspecified atom stereocenters. The lowest BCUT2D eigenvalue weighted by Gasteiger charge is -2.35. The number of carbonyl (C=O) groups is 2. The number of anilines is 1. The molecule has 3 aromatic heterocycles. The minimum Gasteiger partial charge on any atom is -0.464 e. The summed E-state index contributed by atoms with van der Waals surface area (Å²) in [6.45, 7) is 13.7. The molecule has 2 saturated heterocycles. The van der Waals surface area contributed by atoms with Crippen molar-refractivity contribution in [2.75, 3.05) is 58.4 Å². The maximum atomic E-state index is 13.5. The Morgan fingerprint density at radius 3 is 2.67 bits per heavy atom. The van der Waals surface area contributed by atoms with Crippen LogP contribution in [0.25, 0.3) is 33.6 Å². The topological polar surface area (TPSA) is 144 Å². The average molecular weight is 713 g/mol. The van der Waals surface area contributed by atoms with Gasteiger partial charge in [0.05, 0.1) is 47.7 Å². The lowest BCUT2D eigenvalue weighted by molar-refractivity contribution is -0.154. The Kier molecular flexibility index (Phi) is 10.1. The standard InChI is InChI=1S/C39H52N8O5/c1-7-46-33-11-10-25-17-28(33)30(35(46)29-19-27(21-41-34(29)24(2)50-6)45-15-13-44(5)14-16-45)20-39(3,4)23-52-38(49)32-9-8-12-47(43-32)37(48)31(40)18-26-22-51-36(25)42-26/h10-11,17,19,21-22,24,31-32,43H,7-9,12-16,18,20,23,40H2,1-6H3/t24-,31?,32-/m0/s1. The van der Waals surface area contributed by atoms with Crippen LogP contribution in [0.15, 0.2) is 41.1 Å². The number of fused-ring (bicyclic) bond motifs is 6. The number of hydrazine groups is 1. The molecule has 2 fully saturated rings. The lowest BCUT2D eigenvalue weighted by Crippen LogP contribution is -2.59. The van der Waals surface area contributed by atoms with Crippen LogP contribution in [0.4, 0.5) is 5.69 Å². The molecule has 278 valence electrons. The first kappa shape index (κ1) is 36.1. The zero-order valence-corrected chi connectivity index (χ0v) is 31.3. The first-order chi connectivity index (χ1) is 25.0. The molecule has 1 aromatic carbocycles. The monoisotopic (exact) mass is 712 g/mol. The van der Waals surface area contributed by atoms with E-state index in [0.717, 1.165) is 77.4 Å². The minimum atomic E-state index is -0.854. The summed E-state index contributed by atoms with van der Waals surface area (Å²) in [6.07, 6.45) is 5.34. The van der Waals surface area contributed by atoms with Gasteiger partial charge in [0.15, 0.2) is 0 Å². The molecular formula is C39H52N8O5. The molecule has 0 aliphatic carbocycles. The predicted molar refractivity (Wildman–Crippen MR) is 199 cm³/mol. The Morgan fingerprint density at radius 2 is 1.92 bits per heavy atom. The van der Waals surface area contributed by atoms with Crippen LogP contribution in [0.5, 0.6) is 0 Å². The smallest absolute Gasteiger partial charge is 0.324 e. The molecule has 3 N–H and O–H groups in total. The van der Waals surface area contributed by atoms with Crippen molar-refractivity contribution in [3.8, 4) is 22.7 Å². The van der Waals surface area contributed by atoms with Gasteiger partial charge in [0.2, 0.25) is 5.89 Å². The number of carbonyl (C=O) groups excluding carboxylic acids is 2. The lowest BCUT2D eigenvalue weighted by atomic mass is 9.84. The fourth-order valence-electron chi connectivity index (χ4n) is 7.76. The van der Waals surface area contributed by atoms with Gasteiger partial charge in [-0.2, -0.15) is 0 Å². The number of hydrogen-bond acceptors (Lipinski definition) is 11. The molecular weight excluding hydrogens is 660 g/mol. The predicted octanol–water partition coefficient (Wildman–Crippen LogP) is 4.33. The van der Waals surface area contributed by atoms with Crippen molar-refractivity contribution in [2.45, 2.75) is 78.1 Å². The maximum Gasteiger partial charge on any atom is 0.324 e. The summed E-state index contributed by atoms with van der Waals surface area (Å²) in [5.41, 5.74) is 16.7. The van der Waals surface area contributed by atoms with E-state index in [2.05, 4.69) is 65.8 Å². The van der Waals surface area contributed by atoms with E-state index in [1.807, 2.05) is 19.2 Å². The quantitative estimate of drug-likeness (QED) is 0.286. The fourth-order valence-corrected chi connectivity index (χ4v) is 7.76. The Bertz CT molecular complexity index is 1940. The van der Waals surface area contributed by atoms with Crippen molar-refractivity contribution in [1.29, 1.82) is 0 Å². The number of hydrogen-bond donors (Lipinski definition) is 2. The second-order valence-corrected chi connectivity index (χ2v) is 15.3. The number of nitrogens with zero attached hydrogens (tertiary/aromatic N) is 6. The van der Waals surface area contributed by atoms with E-state index >= 15 is 0 Å². The van der Waals surface area contributed by atoms with Crippen LogP contribution in [0.3, 0.4) is 0 Å². The van der Waals surface area contributed by atoms with Crippen molar-refractivity contribution in [1.82, 2.24) is 29.9 Å². The molecule has 52 heavy (non-hydrogen) atoms. The molecule has 0 spiro atoms. The highest BCUT2D eigenvalue weighted by Crippen LogP contribution is 2.43. The zero-order chi connectivity index (χ0) is 36.7. The Morgan fingerprint density at radius 1 is 1.13 bits per heavy atom. The van der Waals surface area contributed by atoms with Crippen LogP contribution in [-0.4, -0.2) is 102 Å². The van der Waals surface area contributed by atoms with Gasteiger partial charge in [-0.05, 0) is 70.0 Å². The van der Waals surface area contributed by atoms with E-state index in [0.29, 0.717) is 37.4 Å². The molecule has 13 heteroatoms. The number of methoxy groups -OCH3 is 1. The van der Waals surface area contributed by atoms with Gasteiger partial charge in [-0.25, -0.2) is 10.4 Å². The summed E-state index contributed by atoms with van der Waals surface area (Å²) in [4.78, 5) is 41.4. The molecule has 0 radical (unpaired) electrons. The third kappa shape index (κ3) is 7.06. The number of piperazine rings is 1. The highest BCUT2D eigenvalue weighted by Gasteiger charge is 2.34. The summed E-state index contributed by atoms with van der Waals surface area (Å²) >= 11 is 0. The average Bonchev–Trinajstić information content (AvgIpc) is 3.74. The molecule has 13 nitrogen and oxygen atoms in total. The summed E-state index contributed by atoms with van der Waals surface area (Å²) in [5, 5.41) is 2.52. The van der Waals surface area contributed by atoms with E-state index < -0.39 is 17.5 Å². The number of rotatable bonds is 5. The first-order valence-corrected chi connectivity index (χ1v) is 18.5. The van der Waals surface area contributed by atoms with Crippen molar-refractivity contribution < 1.29 is 23.5 Å². The van der Waals surface area contributed by atoms with Crippen LogP contribution in [0.2, 0.25) is 0 Å². The van der Waals surface area contributed by atoms with Crippen molar-refractivity contribution in [2.24, 2.45) is 11.1 Å². The van der Waals surface area contributed by atoms with Gasteiger partial charge in [-0.3, -0.25) is 19.6 Å². The molecule has 6 bridgehead atoms. The highest BCUT2D eigenvalue weighted by atomic mass is 16.5. The third-order valence-corrected chi connectivity index (χ3v) is 10.8. The second-order valence-electron chi connectivity index (χ2n) is 15.3. The van der Waals surface area contributed by atoms with Gasteiger partial charge < -0.3 is 34.0 Å². The second kappa shape index (κ2) is 14.6. The number of benzene rings is 1. The SMILES string of the molecule is CCn1c(-c2cc(N3CCN(C)CC3)cnc2[C@H](C)OC)c2c3cc(ccc31)-c1nc(co1)CC(N)C(=O)N1CCC[C@H](N1)C(=O)OCC(C)(C)C2. The number of pyridine rings is 1. The van der Waals surface area contributed by atoms with E-state index in [1.165, 1.54) is 5.01 Å². The largest absolute Gasteiger partial charge is 0.464 e. The molecule has 4 aromatic rings. The van der Waals surface area contributed by atoms with Crippen molar-refractivity contribution in [3.63, 3.8) is 0 Å². The van der Waals surface area contributed by atoms with Crippen molar-refractivity contribution in [3.05, 3.63) is 53.7 Å². The molecule has 7 rings (SSSR count). The number of amides is 1. The van der Waals surface area contributed by atoms with Gasteiger partial charge in [0.25, 0.3) is 5.91 Å². The third-order valence-electron chi connectivity index (χ3n) is 10.8. The maximum absolute atomic E-state index is 13.5. The number of nitrogens with one attached hydrogen (secondary N) is 1.